The minimum Gasteiger partial charge on any atom is -0.481 e. The Hall–Kier alpha value is -2.11. The molecule has 1 aliphatic rings. The van der Waals surface area contributed by atoms with Gasteiger partial charge < -0.3 is 15.7 Å². The fourth-order valence-electron chi connectivity index (χ4n) is 2.13. The molecule has 2 heterocycles. The van der Waals surface area contributed by atoms with Crippen LogP contribution < -0.4 is 5.73 Å². The van der Waals surface area contributed by atoms with E-state index >= 15 is 0 Å². The Labute approximate surface area is 104 Å². The molecule has 0 aromatic carbocycles. The lowest BCUT2D eigenvalue weighted by Gasteiger charge is -2.30. The Kier molecular flexibility index (Phi) is 3.45. The molecule has 2 rings (SSSR count). The van der Waals surface area contributed by atoms with Crippen molar-refractivity contribution in [3.05, 3.63) is 23.9 Å². The van der Waals surface area contributed by atoms with Crippen LogP contribution in [0.1, 0.15) is 23.2 Å². The average molecular weight is 249 g/mol. The summed E-state index contributed by atoms with van der Waals surface area (Å²) in [6, 6.07) is 3.25. The third kappa shape index (κ3) is 2.42. The molecular formula is C12H15N3O3. The zero-order valence-corrected chi connectivity index (χ0v) is 9.87. The molecule has 6 nitrogen and oxygen atoms in total. The van der Waals surface area contributed by atoms with Crippen LogP contribution >= 0.6 is 0 Å². The van der Waals surface area contributed by atoms with Gasteiger partial charge in [0.25, 0.3) is 5.91 Å². The van der Waals surface area contributed by atoms with Crippen molar-refractivity contribution in [1.82, 2.24) is 9.88 Å². The van der Waals surface area contributed by atoms with Gasteiger partial charge in [-0.05, 0) is 25.0 Å². The first-order valence-electron chi connectivity index (χ1n) is 5.82. The van der Waals surface area contributed by atoms with Gasteiger partial charge >= 0.3 is 5.97 Å². The highest BCUT2D eigenvalue weighted by Gasteiger charge is 2.29. The third-order valence-corrected chi connectivity index (χ3v) is 3.13. The first-order chi connectivity index (χ1) is 8.59. The molecule has 1 saturated heterocycles. The van der Waals surface area contributed by atoms with Gasteiger partial charge in [0.1, 0.15) is 5.82 Å². The number of piperidine rings is 1. The summed E-state index contributed by atoms with van der Waals surface area (Å²) in [5.41, 5.74) is 5.98. The highest BCUT2D eigenvalue weighted by molar-refractivity contribution is 5.98. The lowest BCUT2D eigenvalue weighted by Crippen LogP contribution is -2.42. The predicted octanol–water partition coefficient (Wildman–Crippen LogP) is 0.601. The number of amides is 1. The van der Waals surface area contributed by atoms with Gasteiger partial charge in [-0.3, -0.25) is 9.59 Å². The van der Waals surface area contributed by atoms with Crippen LogP contribution in [-0.4, -0.2) is 40.0 Å². The number of aromatic nitrogens is 1. The van der Waals surface area contributed by atoms with E-state index in [1.165, 1.54) is 11.1 Å². The van der Waals surface area contributed by atoms with Gasteiger partial charge in [-0.25, -0.2) is 4.98 Å². The van der Waals surface area contributed by atoms with Gasteiger partial charge in [0.15, 0.2) is 0 Å². The molecular weight excluding hydrogens is 234 g/mol. The van der Waals surface area contributed by atoms with Crippen LogP contribution in [0.15, 0.2) is 18.3 Å². The van der Waals surface area contributed by atoms with E-state index in [2.05, 4.69) is 4.98 Å². The first-order valence-corrected chi connectivity index (χ1v) is 5.82. The monoisotopic (exact) mass is 249 g/mol. The number of carbonyl (C=O) groups is 2. The van der Waals surface area contributed by atoms with Gasteiger partial charge in [0.05, 0.1) is 11.5 Å². The number of nitrogens with zero attached hydrogens (tertiary/aromatic N) is 2. The number of aliphatic carboxylic acids is 1. The highest BCUT2D eigenvalue weighted by atomic mass is 16.4. The summed E-state index contributed by atoms with van der Waals surface area (Å²) < 4.78 is 0. The van der Waals surface area contributed by atoms with E-state index in [0.717, 1.165) is 0 Å². The van der Waals surface area contributed by atoms with Crippen molar-refractivity contribution < 1.29 is 14.7 Å². The highest BCUT2D eigenvalue weighted by Crippen LogP contribution is 2.20. The predicted molar refractivity (Wildman–Crippen MR) is 64.9 cm³/mol. The van der Waals surface area contributed by atoms with E-state index in [4.69, 9.17) is 10.8 Å². The van der Waals surface area contributed by atoms with Crippen LogP contribution in [0.3, 0.4) is 0 Å². The molecule has 0 bridgehead atoms. The summed E-state index contributed by atoms with van der Waals surface area (Å²) >= 11 is 0. The van der Waals surface area contributed by atoms with Crippen molar-refractivity contribution in [2.24, 2.45) is 5.92 Å². The van der Waals surface area contributed by atoms with Crippen molar-refractivity contribution in [3.63, 3.8) is 0 Å². The maximum atomic E-state index is 12.2. The van der Waals surface area contributed by atoms with E-state index in [-0.39, 0.29) is 18.3 Å². The molecule has 1 atom stereocenters. The molecule has 96 valence electrons. The molecule has 0 aliphatic carbocycles. The second-order valence-electron chi connectivity index (χ2n) is 4.36. The van der Waals surface area contributed by atoms with Crippen molar-refractivity contribution in [3.8, 4) is 0 Å². The number of rotatable bonds is 2. The van der Waals surface area contributed by atoms with Crippen LogP contribution in [0.25, 0.3) is 0 Å². The fraction of sp³-hybridized carbons (Fsp3) is 0.417. The molecule has 1 unspecified atom stereocenters. The van der Waals surface area contributed by atoms with Crippen LogP contribution in [0.4, 0.5) is 5.82 Å². The Balaban J connectivity index is 2.14. The van der Waals surface area contributed by atoms with Gasteiger partial charge in [0, 0.05) is 19.3 Å². The molecule has 1 aromatic heterocycles. The maximum Gasteiger partial charge on any atom is 0.308 e. The molecule has 3 N–H and O–H groups in total. The zero-order chi connectivity index (χ0) is 13.1. The summed E-state index contributed by atoms with van der Waals surface area (Å²) in [6.45, 7) is 0.805. The van der Waals surface area contributed by atoms with E-state index in [1.807, 2.05) is 0 Å². The average Bonchev–Trinajstić information content (AvgIpc) is 2.38. The zero-order valence-electron chi connectivity index (χ0n) is 9.87. The molecule has 0 saturated carbocycles. The van der Waals surface area contributed by atoms with Crippen molar-refractivity contribution >= 4 is 17.7 Å². The van der Waals surface area contributed by atoms with Crippen molar-refractivity contribution in [2.75, 3.05) is 18.8 Å². The summed E-state index contributed by atoms with van der Waals surface area (Å²) in [7, 11) is 0. The summed E-state index contributed by atoms with van der Waals surface area (Å²) in [5.74, 6) is -1.40. The number of nitrogens with two attached hydrogens (primary N) is 1. The van der Waals surface area contributed by atoms with Crippen LogP contribution in [0.5, 0.6) is 0 Å². The van der Waals surface area contributed by atoms with Gasteiger partial charge in [-0.1, -0.05) is 0 Å². The second kappa shape index (κ2) is 5.03. The van der Waals surface area contributed by atoms with Gasteiger partial charge in [-0.2, -0.15) is 0 Å². The largest absolute Gasteiger partial charge is 0.481 e. The van der Waals surface area contributed by atoms with Crippen LogP contribution in [-0.2, 0) is 4.79 Å². The normalized spacial score (nSPS) is 19.6. The van der Waals surface area contributed by atoms with Crippen molar-refractivity contribution in [1.29, 1.82) is 0 Å². The topological polar surface area (TPSA) is 96.5 Å². The first kappa shape index (κ1) is 12.3. The molecule has 1 aliphatic heterocycles. The second-order valence-corrected chi connectivity index (χ2v) is 4.36. The molecule has 18 heavy (non-hydrogen) atoms. The van der Waals surface area contributed by atoms with Gasteiger partial charge in [-0.15, -0.1) is 0 Å². The minimum absolute atomic E-state index is 0.181. The smallest absolute Gasteiger partial charge is 0.308 e. The van der Waals surface area contributed by atoms with E-state index < -0.39 is 11.9 Å². The van der Waals surface area contributed by atoms with Crippen molar-refractivity contribution in [2.45, 2.75) is 12.8 Å². The SMILES string of the molecule is Nc1ncccc1C(=O)N1CCCC(C(=O)O)C1. The number of hydrogen-bond donors (Lipinski definition) is 2. The Morgan fingerprint density at radius 2 is 2.28 bits per heavy atom. The molecule has 1 fully saturated rings. The molecule has 0 spiro atoms. The van der Waals surface area contributed by atoms with Gasteiger partial charge in [0.2, 0.25) is 0 Å². The summed E-state index contributed by atoms with van der Waals surface area (Å²) in [4.78, 5) is 28.6. The number of carboxylic acids is 1. The standard InChI is InChI=1S/C12H15N3O3/c13-10-9(4-1-5-14-10)11(16)15-6-2-3-8(7-15)12(17)18/h1,4-5,8H,2-3,6-7H2,(H2,13,14)(H,17,18). The molecule has 6 heteroatoms. The fourth-order valence-corrected chi connectivity index (χ4v) is 2.13. The number of carboxylic acid groups (broad SMARTS) is 1. The summed E-state index contributed by atoms with van der Waals surface area (Å²) in [5, 5.41) is 8.99. The number of pyridine rings is 1. The van der Waals surface area contributed by atoms with E-state index in [1.54, 1.807) is 12.1 Å². The number of likely N-dealkylation sites (tertiary alicyclic amines) is 1. The molecule has 0 radical (unpaired) electrons. The number of hydrogen-bond acceptors (Lipinski definition) is 4. The minimum atomic E-state index is -0.855. The number of carbonyl (C=O) groups excluding carboxylic acids is 1. The quantitative estimate of drug-likeness (QED) is 0.800. The number of anilines is 1. The Morgan fingerprint density at radius 1 is 1.50 bits per heavy atom. The maximum absolute atomic E-state index is 12.2. The van der Waals surface area contributed by atoms with Crippen LogP contribution in [0, 0.1) is 5.92 Å². The molecule has 1 amide bonds. The van der Waals surface area contributed by atoms with E-state index in [0.29, 0.717) is 24.9 Å². The lowest BCUT2D eigenvalue weighted by atomic mass is 9.98. The lowest BCUT2D eigenvalue weighted by molar-refractivity contribution is -0.143. The van der Waals surface area contributed by atoms with E-state index in [9.17, 15) is 9.59 Å². The third-order valence-electron chi connectivity index (χ3n) is 3.13. The Morgan fingerprint density at radius 3 is 2.94 bits per heavy atom. The number of nitrogen functional groups attached to an aromatic ring is 1. The van der Waals surface area contributed by atoms with Crippen LogP contribution in [0.2, 0.25) is 0 Å². The molecule has 1 aromatic rings. The summed E-state index contributed by atoms with van der Waals surface area (Å²) in [6.07, 6.45) is 2.83. The Bertz CT molecular complexity index is 475.